The van der Waals surface area contributed by atoms with Crippen molar-refractivity contribution in [3.05, 3.63) is 34.1 Å². The number of anilines is 1. The fraction of sp³-hybridized carbons (Fsp3) is 0.200. The summed E-state index contributed by atoms with van der Waals surface area (Å²) in [5.41, 5.74) is 6.81. The first-order chi connectivity index (χ1) is 8.06. The SMILES string of the molecule is Cn1nnc(CC(=O)c2ccc(N)c(Br)c2)n1. The van der Waals surface area contributed by atoms with Gasteiger partial charge in [-0.3, -0.25) is 4.79 Å². The Bertz CT molecular complexity index is 566. The van der Waals surface area contributed by atoms with Crippen molar-refractivity contribution >= 4 is 27.4 Å². The van der Waals surface area contributed by atoms with Gasteiger partial charge in [0.2, 0.25) is 0 Å². The topological polar surface area (TPSA) is 86.7 Å². The van der Waals surface area contributed by atoms with Crippen LogP contribution >= 0.6 is 15.9 Å². The molecule has 1 heterocycles. The number of rotatable bonds is 3. The van der Waals surface area contributed by atoms with E-state index < -0.39 is 0 Å². The third-order valence-corrected chi connectivity index (χ3v) is 2.88. The van der Waals surface area contributed by atoms with Crippen LogP contribution in [0, 0.1) is 0 Å². The zero-order valence-corrected chi connectivity index (χ0v) is 10.7. The number of hydrogen-bond acceptors (Lipinski definition) is 5. The average molecular weight is 296 g/mol. The monoisotopic (exact) mass is 295 g/mol. The maximum atomic E-state index is 11.9. The highest BCUT2D eigenvalue weighted by atomic mass is 79.9. The van der Waals surface area contributed by atoms with Gasteiger partial charge in [0.15, 0.2) is 11.6 Å². The van der Waals surface area contributed by atoms with Crippen molar-refractivity contribution in [2.75, 3.05) is 5.73 Å². The quantitative estimate of drug-likeness (QED) is 0.674. The molecular weight excluding hydrogens is 286 g/mol. The molecule has 0 bridgehead atoms. The van der Waals surface area contributed by atoms with Crippen LogP contribution in [0.25, 0.3) is 0 Å². The average Bonchev–Trinajstić information content (AvgIpc) is 2.68. The van der Waals surface area contributed by atoms with Crippen molar-refractivity contribution in [3.8, 4) is 0 Å². The first kappa shape index (κ1) is 11.7. The molecule has 0 fully saturated rings. The highest BCUT2D eigenvalue weighted by molar-refractivity contribution is 9.10. The first-order valence-electron chi connectivity index (χ1n) is 4.87. The number of halogens is 1. The third-order valence-electron chi connectivity index (χ3n) is 2.19. The second-order valence-electron chi connectivity index (χ2n) is 3.53. The molecule has 0 aliphatic heterocycles. The molecule has 1 aromatic carbocycles. The van der Waals surface area contributed by atoms with E-state index in [1.165, 1.54) is 4.80 Å². The molecule has 0 saturated heterocycles. The van der Waals surface area contributed by atoms with Crippen LogP contribution < -0.4 is 5.73 Å². The molecular formula is C10H10BrN5O. The zero-order chi connectivity index (χ0) is 12.4. The molecule has 1 aromatic heterocycles. The van der Waals surface area contributed by atoms with Gasteiger partial charge in [-0.2, -0.15) is 4.80 Å². The number of Topliss-reactive ketones (excluding diaryl/α,β-unsaturated/α-hetero) is 1. The molecule has 17 heavy (non-hydrogen) atoms. The number of carbonyl (C=O) groups excluding carboxylic acids is 1. The number of nitrogens with zero attached hydrogens (tertiary/aromatic N) is 4. The van der Waals surface area contributed by atoms with Gasteiger partial charge >= 0.3 is 0 Å². The second-order valence-corrected chi connectivity index (χ2v) is 4.39. The fourth-order valence-electron chi connectivity index (χ4n) is 1.34. The molecule has 88 valence electrons. The Morgan fingerprint density at radius 3 is 2.88 bits per heavy atom. The molecule has 0 amide bonds. The minimum atomic E-state index is -0.0706. The van der Waals surface area contributed by atoms with Gasteiger partial charge in [-0.25, -0.2) is 0 Å². The van der Waals surface area contributed by atoms with E-state index >= 15 is 0 Å². The van der Waals surface area contributed by atoms with Crippen molar-refractivity contribution in [2.45, 2.75) is 6.42 Å². The molecule has 6 nitrogen and oxygen atoms in total. The van der Waals surface area contributed by atoms with Gasteiger partial charge in [-0.1, -0.05) is 0 Å². The lowest BCUT2D eigenvalue weighted by atomic mass is 10.1. The van der Waals surface area contributed by atoms with Crippen LogP contribution in [0.2, 0.25) is 0 Å². The van der Waals surface area contributed by atoms with Gasteiger partial charge in [0.25, 0.3) is 0 Å². The van der Waals surface area contributed by atoms with Crippen LogP contribution in [0.15, 0.2) is 22.7 Å². The summed E-state index contributed by atoms with van der Waals surface area (Å²) in [6.07, 6.45) is 0.129. The van der Waals surface area contributed by atoms with E-state index in [-0.39, 0.29) is 12.2 Å². The van der Waals surface area contributed by atoms with Gasteiger partial charge in [0.05, 0.1) is 13.5 Å². The normalized spacial score (nSPS) is 10.5. The molecule has 7 heteroatoms. The smallest absolute Gasteiger partial charge is 0.182 e. The van der Waals surface area contributed by atoms with Gasteiger partial charge in [0.1, 0.15) is 0 Å². The number of aromatic nitrogens is 4. The van der Waals surface area contributed by atoms with Crippen LogP contribution in [0.1, 0.15) is 16.2 Å². The largest absolute Gasteiger partial charge is 0.398 e. The predicted molar refractivity (Wildman–Crippen MR) is 65.4 cm³/mol. The lowest BCUT2D eigenvalue weighted by Crippen LogP contribution is -2.06. The summed E-state index contributed by atoms with van der Waals surface area (Å²) in [6.45, 7) is 0. The maximum Gasteiger partial charge on any atom is 0.182 e. The molecule has 0 aliphatic carbocycles. The number of nitrogen functional groups attached to an aromatic ring is 1. The number of benzene rings is 1. The van der Waals surface area contributed by atoms with E-state index in [1.54, 1.807) is 25.2 Å². The molecule has 0 radical (unpaired) electrons. The lowest BCUT2D eigenvalue weighted by molar-refractivity contribution is 0.0990. The van der Waals surface area contributed by atoms with Crippen molar-refractivity contribution < 1.29 is 4.79 Å². The highest BCUT2D eigenvalue weighted by Crippen LogP contribution is 2.21. The highest BCUT2D eigenvalue weighted by Gasteiger charge is 2.11. The summed E-state index contributed by atoms with van der Waals surface area (Å²) < 4.78 is 0.704. The Hall–Kier alpha value is -1.76. The van der Waals surface area contributed by atoms with E-state index in [0.717, 1.165) is 0 Å². The summed E-state index contributed by atoms with van der Waals surface area (Å²) in [4.78, 5) is 13.2. The number of aryl methyl sites for hydroxylation is 1. The Kier molecular flexibility index (Phi) is 3.19. The lowest BCUT2D eigenvalue weighted by Gasteiger charge is -2.01. The number of hydrogen-bond donors (Lipinski definition) is 1. The predicted octanol–water partition coefficient (Wildman–Crippen LogP) is 0.980. The van der Waals surface area contributed by atoms with E-state index in [9.17, 15) is 4.79 Å². The zero-order valence-electron chi connectivity index (χ0n) is 9.09. The van der Waals surface area contributed by atoms with Crippen molar-refractivity contribution in [3.63, 3.8) is 0 Å². The number of ketones is 1. The number of nitrogens with two attached hydrogens (primary N) is 1. The van der Waals surface area contributed by atoms with E-state index in [0.29, 0.717) is 21.5 Å². The Morgan fingerprint density at radius 2 is 2.29 bits per heavy atom. The molecule has 2 aromatic rings. The summed E-state index contributed by atoms with van der Waals surface area (Å²) >= 11 is 3.28. The van der Waals surface area contributed by atoms with Crippen molar-refractivity contribution in [1.29, 1.82) is 0 Å². The number of carbonyl (C=O) groups is 1. The van der Waals surface area contributed by atoms with Crippen LogP contribution in [0.5, 0.6) is 0 Å². The standard InChI is InChI=1S/C10H10BrN5O/c1-16-14-10(13-15-16)5-9(17)6-2-3-8(12)7(11)4-6/h2-4H,5,12H2,1H3. The summed E-state index contributed by atoms with van der Waals surface area (Å²) in [5, 5.41) is 11.4. The van der Waals surface area contributed by atoms with E-state index in [4.69, 9.17) is 5.73 Å². The molecule has 0 atom stereocenters. The van der Waals surface area contributed by atoms with Crippen LogP contribution in [0.3, 0.4) is 0 Å². The van der Waals surface area contributed by atoms with E-state index in [1.807, 2.05) is 0 Å². The first-order valence-corrected chi connectivity index (χ1v) is 5.66. The van der Waals surface area contributed by atoms with Crippen LogP contribution in [-0.4, -0.2) is 26.0 Å². The molecule has 0 spiro atoms. The third kappa shape index (κ3) is 2.68. The summed E-state index contributed by atoms with van der Waals surface area (Å²) in [5.74, 6) is 0.337. The van der Waals surface area contributed by atoms with Gasteiger partial charge in [-0.15, -0.1) is 10.2 Å². The van der Waals surface area contributed by atoms with Gasteiger partial charge in [-0.05, 0) is 39.3 Å². The Balaban J connectivity index is 2.17. The minimum absolute atomic E-state index is 0.0706. The maximum absolute atomic E-state index is 11.9. The summed E-state index contributed by atoms with van der Waals surface area (Å²) in [6, 6.07) is 5.05. The molecule has 0 aliphatic rings. The van der Waals surface area contributed by atoms with Crippen LogP contribution in [-0.2, 0) is 13.5 Å². The van der Waals surface area contributed by atoms with E-state index in [2.05, 4.69) is 31.3 Å². The molecule has 0 saturated carbocycles. The Labute approximate surface area is 106 Å². The summed E-state index contributed by atoms with van der Waals surface area (Å²) in [7, 11) is 1.65. The molecule has 2 rings (SSSR count). The fourth-order valence-corrected chi connectivity index (χ4v) is 1.72. The van der Waals surface area contributed by atoms with Crippen LogP contribution in [0.4, 0.5) is 5.69 Å². The minimum Gasteiger partial charge on any atom is -0.398 e. The number of tetrazole rings is 1. The van der Waals surface area contributed by atoms with Gasteiger partial charge < -0.3 is 5.73 Å². The van der Waals surface area contributed by atoms with Crippen molar-refractivity contribution in [1.82, 2.24) is 20.2 Å². The second kappa shape index (κ2) is 4.62. The molecule has 2 N–H and O–H groups in total. The van der Waals surface area contributed by atoms with Gasteiger partial charge in [0, 0.05) is 15.7 Å². The van der Waals surface area contributed by atoms with Crippen molar-refractivity contribution in [2.24, 2.45) is 7.05 Å². The Morgan fingerprint density at radius 1 is 1.53 bits per heavy atom. The molecule has 0 unspecified atom stereocenters.